The summed E-state index contributed by atoms with van der Waals surface area (Å²) < 4.78 is 5.86. The molecule has 0 bridgehead atoms. The Labute approximate surface area is 330 Å². The molecule has 1 atom stereocenters. The predicted octanol–water partition coefficient (Wildman–Crippen LogP) is 13.4. The van der Waals surface area contributed by atoms with E-state index in [4.69, 9.17) is 4.74 Å². The summed E-state index contributed by atoms with van der Waals surface area (Å²) >= 11 is 0. The Bertz CT molecular complexity index is 903. The Morgan fingerprint density at radius 2 is 1.08 bits per heavy atom. The van der Waals surface area contributed by atoms with Gasteiger partial charge >= 0.3 is 5.97 Å². The quantitative estimate of drug-likeness (QED) is 0.0462. The predicted molar refractivity (Wildman–Crippen MR) is 230 cm³/mol. The Balaban J connectivity index is 2.31. The molecule has 0 radical (unpaired) electrons. The normalized spacial score (nSPS) is 13.5. The largest absolute Gasteiger partial charge is 0.465 e. The molecule has 0 aromatic carbocycles. The average molecular weight is 744 g/mol. The van der Waals surface area contributed by atoms with Crippen LogP contribution in [0.25, 0.3) is 0 Å². The summed E-state index contributed by atoms with van der Waals surface area (Å²) in [7, 11) is 0. The smallest absolute Gasteiger partial charge is 0.308 e. The Morgan fingerprint density at radius 3 is 1.62 bits per heavy atom. The van der Waals surface area contributed by atoms with Gasteiger partial charge in [0, 0.05) is 32.1 Å². The zero-order valence-corrected chi connectivity index (χ0v) is 36.0. The summed E-state index contributed by atoms with van der Waals surface area (Å²) in [4.78, 5) is 34.9. The average Bonchev–Trinajstić information content (AvgIpc) is 3.16. The first kappa shape index (κ1) is 49.3. The lowest BCUT2D eigenvalue weighted by molar-refractivity contribution is -0.149. The van der Waals surface area contributed by atoms with Crippen molar-refractivity contribution in [1.82, 2.24) is 9.80 Å². The van der Waals surface area contributed by atoms with E-state index < -0.39 is 0 Å². The second kappa shape index (κ2) is 37.2. The monoisotopic (exact) mass is 744 g/mol. The highest BCUT2D eigenvalue weighted by Crippen LogP contribution is 2.21. The molecule has 1 unspecified atom stereocenters. The lowest BCUT2D eigenvalue weighted by Gasteiger charge is -2.27. The molecule has 0 aliphatic carbocycles. The lowest BCUT2D eigenvalue weighted by atomic mass is 9.94. The van der Waals surface area contributed by atoms with Crippen molar-refractivity contribution in [3.8, 4) is 0 Å². The second-order valence-corrected chi connectivity index (χ2v) is 16.3. The highest BCUT2D eigenvalue weighted by atomic mass is 16.5. The third-order valence-electron chi connectivity index (χ3n) is 11.3. The Hall–Kier alpha value is -1.69. The van der Waals surface area contributed by atoms with Crippen molar-refractivity contribution in [2.75, 3.05) is 39.3 Å². The fourth-order valence-corrected chi connectivity index (χ4v) is 7.66. The summed E-state index contributed by atoms with van der Waals surface area (Å²) in [5.74, 6) is 1.79. The zero-order chi connectivity index (χ0) is 38.5. The van der Waals surface area contributed by atoms with E-state index >= 15 is 0 Å². The van der Waals surface area contributed by atoms with E-state index in [0.717, 1.165) is 103 Å². The van der Waals surface area contributed by atoms with E-state index in [-0.39, 0.29) is 11.9 Å². The third kappa shape index (κ3) is 30.2. The van der Waals surface area contributed by atoms with Gasteiger partial charge < -0.3 is 14.5 Å². The molecule has 0 amide bonds. The molecule has 0 aromatic rings. The van der Waals surface area contributed by atoms with Gasteiger partial charge in [-0.2, -0.15) is 0 Å². The van der Waals surface area contributed by atoms with Gasteiger partial charge in [0.2, 0.25) is 0 Å². The number of unbranched alkanes of at least 4 members (excludes halogenated alkanes) is 21. The Kier molecular flexibility index (Phi) is 34.7. The summed E-state index contributed by atoms with van der Waals surface area (Å²) in [6.07, 6.45) is 40.8. The fraction of sp³-hybridized carbons (Fsp3) is 0.894. The molecular formula is C47H89N3O3. The number of carbonyl (C=O) groups is 2. The van der Waals surface area contributed by atoms with Gasteiger partial charge in [0.1, 0.15) is 11.6 Å². The molecule has 6 nitrogen and oxygen atoms in total. The van der Waals surface area contributed by atoms with Gasteiger partial charge in [-0.25, -0.2) is 4.99 Å². The fourth-order valence-electron chi connectivity index (χ4n) is 7.66. The topological polar surface area (TPSA) is 62.2 Å². The maximum atomic E-state index is 13.0. The number of amidine groups is 1. The molecule has 1 heterocycles. The van der Waals surface area contributed by atoms with E-state index in [1.165, 1.54) is 135 Å². The standard InChI is InChI=1S/C47H89N3O3/c1-5-8-11-14-16-19-26-35-46(51)36-27-20-17-21-28-38-49(40-32-42-50-41-31-37-48-44(50)4)39-29-22-23-30-43-53-47(52)45(33-24-13-10-7-3)34-25-18-15-12-9-6-2/h31,37,45H,5-30,32-36,38-43H2,1-4H3. The molecule has 1 rings (SSSR count). The van der Waals surface area contributed by atoms with Crippen LogP contribution in [0.5, 0.6) is 0 Å². The van der Waals surface area contributed by atoms with Gasteiger partial charge in [0.05, 0.1) is 12.5 Å². The van der Waals surface area contributed by atoms with Crippen molar-refractivity contribution in [3.63, 3.8) is 0 Å². The van der Waals surface area contributed by atoms with Gasteiger partial charge in [0.15, 0.2) is 0 Å². The molecule has 0 aromatic heterocycles. The maximum Gasteiger partial charge on any atom is 0.308 e. The number of hydrogen-bond donors (Lipinski definition) is 0. The number of rotatable bonds is 40. The van der Waals surface area contributed by atoms with Gasteiger partial charge in [-0.05, 0) is 84.0 Å². The number of ether oxygens (including phenoxy) is 1. The van der Waals surface area contributed by atoms with Crippen molar-refractivity contribution in [2.45, 2.75) is 227 Å². The van der Waals surface area contributed by atoms with Crippen LogP contribution in [0.2, 0.25) is 0 Å². The third-order valence-corrected chi connectivity index (χ3v) is 11.3. The van der Waals surface area contributed by atoms with E-state index in [0.29, 0.717) is 12.4 Å². The summed E-state index contributed by atoms with van der Waals surface area (Å²) in [5, 5.41) is 0. The van der Waals surface area contributed by atoms with E-state index in [1.54, 1.807) is 0 Å². The maximum absolute atomic E-state index is 13.0. The van der Waals surface area contributed by atoms with Crippen molar-refractivity contribution >= 4 is 17.6 Å². The molecule has 0 saturated carbocycles. The second-order valence-electron chi connectivity index (χ2n) is 16.3. The van der Waals surface area contributed by atoms with Crippen LogP contribution in [0.15, 0.2) is 17.3 Å². The summed E-state index contributed by atoms with van der Waals surface area (Å²) in [6, 6.07) is 0. The van der Waals surface area contributed by atoms with Gasteiger partial charge in [-0.1, -0.05) is 156 Å². The molecule has 1 aliphatic heterocycles. The van der Waals surface area contributed by atoms with E-state index in [1.807, 2.05) is 6.20 Å². The van der Waals surface area contributed by atoms with Crippen LogP contribution >= 0.6 is 0 Å². The number of nitrogens with zero attached hydrogens (tertiary/aromatic N) is 3. The minimum Gasteiger partial charge on any atom is -0.465 e. The molecule has 0 fully saturated rings. The molecule has 1 aliphatic rings. The summed E-state index contributed by atoms with van der Waals surface area (Å²) in [6.45, 7) is 15.0. The van der Waals surface area contributed by atoms with Crippen LogP contribution in [0.1, 0.15) is 227 Å². The van der Waals surface area contributed by atoms with Gasteiger partial charge in [0.25, 0.3) is 0 Å². The van der Waals surface area contributed by atoms with Crippen LogP contribution in [0.4, 0.5) is 0 Å². The van der Waals surface area contributed by atoms with Crippen LogP contribution < -0.4 is 0 Å². The molecule has 6 heteroatoms. The van der Waals surface area contributed by atoms with Crippen molar-refractivity contribution in [2.24, 2.45) is 10.9 Å². The first-order chi connectivity index (χ1) is 26.0. The molecule has 0 saturated heterocycles. The molecule has 53 heavy (non-hydrogen) atoms. The first-order valence-electron chi connectivity index (χ1n) is 23.4. The van der Waals surface area contributed by atoms with E-state index in [2.05, 4.69) is 48.6 Å². The number of esters is 1. The van der Waals surface area contributed by atoms with Crippen LogP contribution in [0.3, 0.4) is 0 Å². The SMILES string of the molecule is CCCCCCCCCC(=O)CCCCCCCN(CCCCCCOC(=O)C(CCCCCC)CCCCCCCC)CCCN1CC=CN=C1C. The van der Waals surface area contributed by atoms with Crippen LogP contribution in [0, 0.1) is 5.92 Å². The number of carbonyl (C=O) groups excluding carboxylic acids is 2. The van der Waals surface area contributed by atoms with Crippen LogP contribution in [-0.4, -0.2) is 66.7 Å². The van der Waals surface area contributed by atoms with E-state index in [9.17, 15) is 9.59 Å². The van der Waals surface area contributed by atoms with Crippen molar-refractivity contribution in [1.29, 1.82) is 0 Å². The number of aliphatic imine (C=N–C) groups is 1. The first-order valence-corrected chi connectivity index (χ1v) is 23.4. The lowest BCUT2D eigenvalue weighted by Crippen LogP contribution is -2.35. The number of Topliss-reactive ketones (excluding diaryl/α,β-unsaturated/α-hetero) is 1. The highest BCUT2D eigenvalue weighted by molar-refractivity contribution is 5.81. The van der Waals surface area contributed by atoms with Gasteiger partial charge in [-0.3, -0.25) is 9.59 Å². The molecule has 0 spiro atoms. The molecule has 310 valence electrons. The number of hydrogen-bond acceptors (Lipinski definition) is 6. The van der Waals surface area contributed by atoms with Crippen molar-refractivity contribution < 1.29 is 14.3 Å². The minimum absolute atomic E-state index is 0.0702. The zero-order valence-electron chi connectivity index (χ0n) is 36.0. The molecular weight excluding hydrogens is 655 g/mol. The highest BCUT2D eigenvalue weighted by Gasteiger charge is 2.19. The minimum atomic E-state index is 0.0702. The summed E-state index contributed by atoms with van der Waals surface area (Å²) in [5.41, 5.74) is 0. The molecule has 0 N–H and O–H groups in total. The van der Waals surface area contributed by atoms with Crippen LogP contribution in [-0.2, 0) is 14.3 Å². The number of ketones is 1. The van der Waals surface area contributed by atoms with Crippen molar-refractivity contribution in [3.05, 3.63) is 12.3 Å². The van der Waals surface area contributed by atoms with Gasteiger partial charge in [-0.15, -0.1) is 0 Å². The Morgan fingerprint density at radius 1 is 0.623 bits per heavy atom.